The van der Waals surface area contributed by atoms with Crippen molar-refractivity contribution in [1.29, 1.82) is 0 Å². The molecule has 0 aromatic heterocycles. The second-order valence-corrected chi connectivity index (χ2v) is 5.34. The molecule has 0 radical (unpaired) electrons. The van der Waals surface area contributed by atoms with Gasteiger partial charge in [0.05, 0.1) is 0 Å². The number of nitrogens with two attached hydrogens (primary N) is 1. The van der Waals surface area contributed by atoms with Crippen LogP contribution >= 0.6 is 0 Å². The highest BCUT2D eigenvalue weighted by Crippen LogP contribution is 2.47. The molecule has 3 heteroatoms. The molecule has 98 valence electrons. The summed E-state index contributed by atoms with van der Waals surface area (Å²) in [5.74, 6) is 1.79. The van der Waals surface area contributed by atoms with Crippen LogP contribution in [0.25, 0.3) is 0 Å². The molecule has 1 saturated carbocycles. The SMILES string of the molecule is CCc1cc2c(cc1C1(CN)CCC1)OCCO2. The molecule has 0 unspecified atom stereocenters. The van der Waals surface area contributed by atoms with Crippen LogP contribution in [0.5, 0.6) is 11.5 Å². The van der Waals surface area contributed by atoms with E-state index in [1.165, 1.54) is 30.4 Å². The first-order valence-corrected chi connectivity index (χ1v) is 6.92. The highest BCUT2D eigenvalue weighted by atomic mass is 16.6. The summed E-state index contributed by atoms with van der Waals surface area (Å²) in [7, 11) is 0. The minimum atomic E-state index is 0.196. The molecular weight excluding hydrogens is 226 g/mol. The van der Waals surface area contributed by atoms with Crippen LogP contribution in [0.1, 0.15) is 37.3 Å². The van der Waals surface area contributed by atoms with Gasteiger partial charge in [0.15, 0.2) is 11.5 Å². The van der Waals surface area contributed by atoms with E-state index in [9.17, 15) is 0 Å². The molecule has 0 bridgehead atoms. The van der Waals surface area contributed by atoms with Gasteiger partial charge in [-0.3, -0.25) is 0 Å². The zero-order chi connectivity index (χ0) is 12.6. The maximum Gasteiger partial charge on any atom is 0.161 e. The van der Waals surface area contributed by atoms with Gasteiger partial charge in [-0.25, -0.2) is 0 Å². The number of hydrogen-bond donors (Lipinski definition) is 1. The van der Waals surface area contributed by atoms with Crippen molar-refractivity contribution in [2.45, 2.75) is 38.0 Å². The van der Waals surface area contributed by atoms with Gasteiger partial charge in [-0.05, 0) is 42.5 Å². The van der Waals surface area contributed by atoms with Crippen LogP contribution in [0, 0.1) is 0 Å². The predicted octanol–water partition coefficient (Wildman–Crippen LogP) is 2.40. The molecule has 0 spiro atoms. The first kappa shape index (κ1) is 11.8. The summed E-state index contributed by atoms with van der Waals surface area (Å²) < 4.78 is 11.4. The van der Waals surface area contributed by atoms with Gasteiger partial charge < -0.3 is 15.2 Å². The van der Waals surface area contributed by atoms with Crippen LogP contribution in [-0.2, 0) is 11.8 Å². The minimum Gasteiger partial charge on any atom is -0.486 e. The lowest BCUT2D eigenvalue weighted by atomic mass is 9.63. The van der Waals surface area contributed by atoms with Crippen molar-refractivity contribution in [3.05, 3.63) is 23.3 Å². The third-order valence-electron chi connectivity index (χ3n) is 4.42. The molecule has 2 aliphatic rings. The molecule has 1 fully saturated rings. The number of rotatable bonds is 3. The molecule has 1 aliphatic carbocycles. The van der Waals surface area contributed by atoms with Crippen LogP contribution < -0.4 is 15.2 Å². The predicted molar refractivity (Wildman–Crippen MR) is 71.4 cm³/mol. The largest absolute Gasteiger partial charge is 0.486 e. The Labute approximate surface area is 108 Å². The second kappa shape index (κ2) is 4.47. The zero-order valence-electron chi connectivity index (χ0n) is 11.0. The number of hydrogen-bond acceptors (Lipinski definition) is 3. The number of aryl methyl sites for hydroxylation is 1. The van der Waals surface area contributed by atoms with Gasteiger partial charge in [-0.2, -0.15) is 0 Å². The first-order chi connectivity index (χ1) is 8.79. The van der Waals surface area contributed by atoms with E-state index in [-0.39, 0.29) is 5.41 Å². The van der Waals surface area contributed by atoms with Crippen LogP contribution in [0.4, 0.5) is 0 Å². The first-order valence-electron chi connectivity index (χ1n) is 6.92. The summed E-state index contributed by atoms with van der Waals surface area (Å²) in [6, 6.07) is 4.33. The summed E-state index contributed by atoms with van der Waals surface area (Å²) in [4.78, 5) is 0. The highest BCUT2D eigenvalue weighted by Gasteiger charge is 2.39. The van der Waals surface area contributed by atoms with Crippen molar-refractivity contribution in [2.75, 3.05) is 19.8 Å². The van der Waals surface area contributed by atoms with Gasteiger partial charge in [0, 0.05) is 12.0 Å². The topological polar surface area (TPSA) is 44.5 Å². The molecule has 1 aromatic rings. The summed E-state index contributed by atoms with van der Waals surface area (Å²) in [6.07, 6.45) is 4.72. The summed E-state index contributed by atoms with van der Waals surface area (Å²) in [5, 5.41) is 0. The Kier molecular flexibility index (Phi) is 2.94. The number of benzene rings is 1. The lowest BCUT2D eigenvalue weighted by molar-refractivity contribution is 0.169. The Morgan fingerprint density at radius 3 is 2.33 bits per heavy atom. The van der Waals surface area contributed by atoms with Crippen LogP contribution in [0.2, 0.25) is 0 Å². The summed E-state index contributed by atoms with van der Waals surface area (Å²) >= 11 is 0. The normalized spacial score (nSPS) is 20.3. The van der Waals surface area contributed by atoms with Crippen LogP contribution in [0.3, 0.4) is 0 Å². The van der Waals surface area contributed by atoms with Gasteiger partial charge in [-0.1, -0.05) is 13.3 Å². The molecule has 0 amide bonds. The van der Waals surface area contributed by atoms with Crippen molar-refractivity contribution in [2.24, 2.45) is 5.73 Å². The average molecular weight is 247 g/mol. The number of ether oxygens (including phenoxy) is 2. The van der Waals surface area contributed by atoms with Crippen molar-refractivity contribution >= 4 is 0 Å². The van der Waals surface area contributed by atoms with Gasteiger partial charge in [0.2, 0.25) is 0 Å². The molecule has 0 atom stereocenters. The van der Waals surface area contributed by atoms with E-state index in [0.29, 0.717) is 13.2 Å². The highest BCUT2D eigenvalue weighted by molar-refractivity contribution is 5.51. The third-order valence-corrected chi connectivity index (χ3v) is 4.42. The summed E-state index contributed by atoms with van der Waals surface area (Å²) in [6.45, 7) is 4.22. The third kappa shape index (κ3) is 1.69. The molecule has 0 saturated heterocycles. The van der Waals surface area contributed by atoms with Gasteiger partial charge in [0.1, 0.15) is 13.2 Å². The molecular formula is C15H21NO2. The fraction of sp³-hybridized carbons (Fsp3) is 0.600. The summed E-state index contributed by atoms with van der Waals surface area (Å²) in [5.41, 5.74) is 8.98. The van der Waals surface area contributed by atoms with Crippen LogP contribution in [0.15, 0.2) is 12.1 Å². The average Bonchev–Trinajstić information content (AvgIpc) is 2.37. The second-order valence-electron chi connectivity index (χ2n) is 5.34. The molecule has 1 heterocycles. The molecule has 2 N–H and O–H groups in total. The maximum absolute atomic E-state index is 6.03. The fourth-order valence-electron chi connectivity index (χ4n) is 3.10. The Morgan fingerprint density at radius 1 is 1.17 bits per heavy atom. The maximum atomic E-state index is 6.03. The zero-order valence-corrected chi connectivity index (χ0v) is 11.0. The Hall–Kier alpha value is -1.22. The standard InChI is InChI=1S/C15H21NO2/c1-2-11-8-13-14(18-7-6-17-13)9-12(11)15(10-16)4-3-5-15/h8-9H,2-7,10,16H2,1H3. The quantitative estimate of drug-likeness (QED) is 0.892. The van der Waals surface area contributed by atoms with E-state index >= 15 is 0 Å². The van der Waals surface area contributed by atoms with Crippen molar-refractivity contribution < 1.29 is 9.47 Å². The molecule has 1 aliphatic heterocycles. The lowest BCUT2D eigenvalue weighted by Crippen LogP contribution is -2.42. The van der Waals surface area contributed by atoms with Gasteiger partial charge in [-0.15, -0.1) is 0 Å². The van der Waals surface area contributed by atoms with Crippen LogP contribution in [-0.4, -0.2) is 19.8 Å². The Balaban J connectivity index is 2.07. The van der Waals surface area contributed by atoms with E-state index in [1.54, 1.807) is 0 Å². The Morgan fingerprint density at radius 2 is 1.83 bits per heavy atom. The lowest BCUT2D eigenvalue weighted by Gasteiger charge is -2.43. The molecule has 3 nitrogen and oxygen atoms in total. The van der Waals surface area contributed by atoms with E-state index < -0.39 is 0 Å². The van der Waals surface area contributed by atoms with Gasteiger partial charge in [0.25, 0.3) is 0 Å². The number of fused-ring (bicyclic) bond motifs is 1. The minimum absolute atomic E-state index is 0.196. The van der Waals surface area contributed by atoms with E-state index in [0.717, 1.165) is 24.5 Å². The smallest absolute Gasteiger partial charge is 0.161 e. The van der Waals surface area contributed by atoms with Crippen molar-refractivity contribution in [3.8, 4) is 11.5 Å². The van der Waals surface area contributed by atoms with Crippen molar-refractivity contribution in [1.82, 2.24) is 0 Å². The fourth-order valence-corrected chi connectivity index (χ4v) is 3.10. The molecule has 18 heavy (non-hydrogen) atoms. The molecule has 1 aromatic carbocycles. The van der Waals surface area contributed by atoms with Crippen molar-refractivity contribution in [3.63, 3.8) is 0 Å². The van der Waals surface area contributed by atoms with E-state index in [1.807, 2.05) is 0 Å². The Bertz CT molecular complexity index is 447. The molecule has 3 rings (SSSR count). The monoisotopic (exact) mass is 247 g/mol. The van der Waals surface area contributed by atoms with Gasteiger partial charge >= 0.3 is 0 Å². The van der Waals surface area contributed by atoms with E-state index in [4.69, 9.17) is 15.2 Å². The van der Waals surface area contributed by atoms with E-state index in [2.05, 4.69) is 19.1 Å².